The summed E-state index contributed by atoms with van der Waals surface area (Å²) < 4.78 is 26.6. The number of hydrogen-bond acceptors (Lipinski definition) is 2. The van der Waals surface area contributed by atoms with Gasteiger partial charge in [-0.15, -0.1) is 0 Å². The van der Waals surface area contributed by atoms with Gasteiger partial charge in [0.15, 0.2) is 0 Å². The van der Waals surface area contributed by atoms with E-state index < -0.39 is 23.4 Å². The van der Waals surface area contributed by atoms with Crippen LogP contribution in [0.1, 0.15) is 10.4 Å². The topological polar surface area (TPSA) is 57.5 Å². The van der Waals surface area contributed by atoms with Gasteiger partial charge in [0, 0.05) is 5.56 Å². The Balaban J connectivity index is 2.61. The van der Waals surface area contributed by atoms with Gasteiger partial charge in [0.25, 0.3) is 0 Å². The Labute approximate surface area is 101 Å². The van der Waals surface area contributed by atoms with Gasteiger partial charge in [-0.25, -0.2) is 13.6 Å². The Morgan fingerprint density at radius 3 is 2.44 bits per heavy atom. The van der Waals surface area contributed by atoms with Crippen molar-refractivity contribution in [2.24, 2.45) is 0 Å². The maximum atomic E-state index is 13.5. The van der Waals surface area contributed by atoms with Crippen molar-refractivity contribution in [3.8, 4) is 16.9 Å². The molecule has 0 atom stereocenters. The van der Waals surface area contributed by atoms with Gasteiger partial charge in [-0.05, 0) is 35.9 Å². The van der Waals surface area contributed by atoms with Gasteiger partial charge in [-0.3, -0.25) is 0 Å². The summed E-state index contributed by atoms with van der Waals surface area (Å²) in [6, 6.07) is 6.43. The lowest BCUT2D eigenvalue weighted by Crippen LogP contribution is -1.97. The van der Waals surface area contributed by atoms with Crippen molar-refractivity contribution in [2.75, 3.05) is 0 Å². The van der Waals surface area contributed by atoms with Gasteiger partial charge < -0.3 is 10.2 Å². The second-order valence-electron chi connectivity index (χ2n) is 3.66. The van der Waals surface area contributed by atoms with Crippen molar-refractivity contribution >= 4 is 5.97 Å². The molecule has 0 saturated heterocycles. The highest BCUT2D eigenvalue weighted by Crippen LogP contribution is 2.28. The van der Waals surface area contributed by atoms with Crippen LogP contribution in [0.5, 0.6) is 5.75 Å². The van der Waals surface area contributed by atoms with Crippen LogP contribution < -0.4 is 0 Å². The molecule has 0 radical (unpaired) electrons. The van der Waals surface area contributed by atoms with Crippen LogP contribution in [0.25, 0.3) is 11.1 Å². The molecule has 0 aliphatic heterocycles. The van der Waals surface area contributed by atoms with E-state index in [9.17, 15) is 18.7 Å². The number of aromatic carboxylic acids is 1. The third-order valence-corrected chi connectivity index (χ3v) is 2.47. The molecule has 2 N–H and O–H groups in total. The van der Waals surface area contributed by atoms with Gasteiger partial charge in [-0.2, -0.15) is 0 Å². The van der Waals surface area contributed by atoms with Gasteiger partial charge in [0.2, 0.25) is 0 Å². The number of aromatic hydroxyl groups is 1. The van der Waals surface area contributed by atoms with Crippen molar-refractivity contribution in [3.63, 3.8) is 0 Å². The number of phenols is 1. The number of halogens is 2. The zero-order valence-electron chi connectivity index (χ0n) is 9.02. The van der Waals surface area contributed by atoms with E-state index in [1.807, 2.05) is 0 Å². The molecule has 0 aliphatic rings. The summed E-state index contributed by atoms with van der Waals surface area (Å²) in [7, 11) is 0. The van der Waals surface area contributed by atoms with Crippen LogP contribution in [0.15, 0.2) is 36.4 Å². The predicted molar refractivity (Wildman–Crippen MR) is 60.4 cm³/mol. The minimum atomic E-state index is -1.34. The third-order valence-electron chi connectivity index (χ3n) is 2.47. The number of carboxylic acids is 1. The Hall–Kier alpha value is -2.43. The average Bonchev–Trinajstić information content (AvgIpc) is 2.33. The highest BCUT2D eigenvalue weighted by molar-refractivity contribution is 5.92. The third kappa shape index (κ3) is 2.15. The van der Waals surface area contributed by atoms with Crippen LogP contribution in [-0.4, -0.2) is 16.2 Å². The fraction of sp³-hybridized carbons (Fsp3) is 0. The second kappa shape index (κ2) is 4.44. The van der Waals surface area contributed by atoms with E-state index >= 15 is 0 Å². The van der Waals surface area contributed by atoms with Crippen molar-refractivity contribution in [1.82, 2.24) is 0 Å². The Bertz CT molecular complexity index is 624. The number of rotatable bonds is 2. The number of carbonyl (C=O) groups is 1. The summed E-state index contributed by atoms with van der Waals surface area (Å²) in [5.74, 6) is -3.07. The molecule has 0 bridgehead atoms. The lowest BCUT2D eigenvalue weighted by molar-refractivity contribution is 0.0694. The predicted octanol–water partition coefficient (Wildman–Crippen LogP) is 3.04. The molecule has 2 aromatic carbocycles. The first-order chi connectivity index (χ1) is 8.49. The first-order valence-electron chi connectivity index (χ1n) is 5.01. The summed E-state index contributed by atoms with van der Waals surface area (Å²) in [6.07, 6.45) is 0. The monoisotopic (exact) mass is 250 g/mol. The molecule has 0 heterocycles. The molecule has 18 heavy (non-hydrogen) atoms. The smallest absolute Gasteiger partial charge is 0.339 e. The van der Waals surface area contributed by atoms with Crippen molar-refractivity contribution < 1.29 is 23.8 Å². The summed E-state index contributed by atoms with van der Waals surface area (Å²) in [6.45, 7) is 0. The zero-order chi connectivity index (χ0) is 13.3. The van der Waals surface area contributed by atoms with Gasteiger partial charge in [-0.1, -0.05) is 6.07 Å². The van der Waals surface area contributed by atoms with E-state index in [0.717, 1.165) is 30.3 Å². The van der Waals surface area contributed by atoms with E-state index in [2.05, 4.69) is 0 Å². The van der Waals surface area contributed by atoms with E-state index in [4.69, 9.17) is 5.11 Å². The lowest BCUT2D eigenvalue weighted by Gasteiger charge is -2.06. The van der Waals surface area contributed by atoms with Crippen LogP contribution >= 0.6 is 0 Å². The molecule has 0 unspecified atom stereocenters. The number of carboxylic acid groups (broad SMARTS) is 1. The van der Waals surface area contributed by atoms with Crippen LogP contribution in [0.2, 0.25) is 0 Å². The first-order valence-corrected chi connectivity index (χ1v) is 5.01. The molecular weight excluding hydrogens is 242 g/mol. The number of hydrogen-bond donors (Lipinski definition) is 2. The molecule has 2 rings (SSSR count). The van der Waals surface area contributed by atoms with Gasteiger partial charge >= 0.3 is 5.97 Å². The molecule has 0 aromatic heterocycles. The molecule has 0 fully saturated rings. The fourth-order valence-electron chi connectivity index (χ4n) is 1.59. The Morgan fingerprint density at radius 1 is 1.06 bits per heavy atom. The van der Waals surface area contributed by atoms with Crippen LogP contribution in [0.4, 0.5) is 8.78 Å². The first kappa shape index (κ1) is 12.0. The molecule has 2 aromatic rings. The maximum absolute atomic E-state index is 13.5. The van der Waals surface area contributed by atoms with Crippen LogP contribution in [0.3, 0.4) is 0 Å². The molecule has 3 nitrogen and oxygen atoms in total. The van der Waals surface area contributed by atoms with Crippen molar-refractivity contribution in [2.45, 2.75) is 0 Å². The zero-order valence-corrected chi connectivity index (χ0v) is 9.02. The highest BCUT2D eigenvalue weighted by atomic mass is 19.1. The molecular formula is C13H8F2O3. The quantitative estimate of drug-likeness (QED) is 0.861. The summed E-state index contributed by atoms with van der Waals surface area (Å²) in [4.78, 5) is 10.8. The molecule has 5 heteroatoms. The normalized spacial score (nSPS) is 10.3. The molecule has 0 aliphatic carbocycles. The molecule has 92 valence electrons. The summed E-state index contributed by atoms with van der Waals surface area (Å²) in [5, 5.41) is 18.2. The molecule has 0 saturated carbocycles. The van der Waals surface area contributed by atoms with Crippen molar-refractivity contribution in [1.29, 1.82) is 0 Å². The Morgan fingerprint density at radius 2 is 1.78 bits per heavy atom. The molecule has 0 amide bonds. The lowest BCUT2D eigenvalue weighted by atomic mass is 10.0. The average molecular weight is 250 g/mol. The van der Waals surface area contributed by atoms with E-state index in [1.165, 1.54) is 6.07 Å². The second-order valence-corrected chi connectivity index (χ2v) is 3.66. The Kier molecular flexibility index (Phi) is 2.97. The SMILES string of the molecule is O=C(O)c1cc(-c2cc(F)ccc2F)ccc1O. The van der Waals surface area contributed by atoms with E-state index in [0.29, 0.717) is 0 Å². The molecule has 0 spiro atoms. The summed E-state index contributed by atoms with van der Waals surface area (Å²) in [5.41, 5.74) is -0.240. The van der Waals surface area contributed by atoms with Crippen LogP contribution in [-0.2, 0) is 0 Å². The summed E-state index contributed by atoms with van der Waals surface area (Å²) >= 11 is 0. The fourth-order valence-corrected chi connectivity index (χ4v) is 1.59. The van der Waals surface area contributed by atoms with Crippen LogP contribution in [0, 0.1) is 11.6 Å². The minimum absolute atomic E-state index is 0.0579. The highest BCUT2D eigenvalue weighted by Gasteiger charge is 2.13. The number of benzene rings is 2. The maximum Gasteiger partial charge on any atom is 0.339 e. The largest absolute Gasteiger partial charge is 0.507 e. The van der Waals surface area contributed by atoms with E-state index in [-0.39, 0.29) is 16.7 Å². The van der Waals surface area contributed by atoms with Crippen molar-refractivity contribution in [3.05, 3.63) is 53.6 Å². The van der Waals surface area contributed by atoms with Gasteiger partial charge in [0.05, 0.1) is 0 Å². The van der Waals surface area contributed by atoms with Gasteiger partial charge in [0.1, 0.15) is 22.9 Å². The minimum Gasteiger partial charge on any atom is -0.507 e. The standard InChI is InChI=1S/C13H8F2O3/c14-8-2-3-11(15)9(6-8)7-1-4-12(16)10(5-7)13(17)18/h1-6,16H,(H,17,18). The van der Waals surface area contributed by atoms with E-state index in [1.54, 1.807) is 0 Å².